The summed E-state index contributed by atoms with van der Waals surface area (Å²) in [4.78, 5) is 26.4. The number of piperazine rings is 1. The summed E-state index contributed by atoms with van der Waals surface area (Å²) < 4.78 is 33.6. The van der Waals surface area contributed by atoms with E-state index in [4.69, 9.17) is 14.7 Å². The topological polar surface area (TPSA) is 57.5 Å². The monoisotopic (exact) mass is 622 g/mol. The zero-order valence-electron chi connectivity index (χ0n) is 28.6. The van der Waals surface area contributed by atoms with Crippen LogP contribution in [0.1, 0.15) is 80.2 Å². The molecule has 0 saturated carbocycles. The molecule has 45 heavy (non-hydrogen) atoms. The summed E-state index contributed by atoms with van der Waals surface area (Å²) in [7, 11) is 0. The van der Waals surface area contributed by atoms with Gasteiger partial charge in [0.05, 0.1) is 12.3 Å². The Hall–Kier alpha value is -3.81. The molecule has 1 amide bonds. The summed E-state index contributed by atoms with van der Waals surface area (Å²) in [6, 6.07) is 3.45. The number of carbonyl (C=O) groups excluding carboxylic acids is 1. The van der Waals surface area contributed by atoms with Gasteiger partial charge in [-0.2, -0.15) is 0 Å². The maximum Gasteiger partial charge on any atom is 0.409 e. The van der Waals surface area contributed by atoms with E-state index in [1.165, 1.54) is 12.1 Å². The Bertz CT molecular complexity index is 1350. The van der Waals surface area contributed by atoms with E-state index in [2.05, 4.69) is 51.0 Å². The van der Waals surface area contributed by atoms with Gasteiger partial charge in [0, 0.05) is 78.9 Å². The van der Waals surface area contributed by atoms with Crippen LogP contribution in [-0.2, 0) is 4.74 Å². The molecular formula is C37H52F2N4O2. The normalized spacial score (nSPS) is 21.2. The molecule has 246 valence electrons. The number of amides is 1. The van der Waals surface area contributed by atoms with E-state index in [1.807, 2.05) is 40.0 Å². The van der Waals surface area contributed by atoms with Crippen molar-refractivity contribution in [3.05, 3.63) is 89.8 Å². The predicted molar refractivity (Wildman–Crippen MR) is 185 cm³/mol. The SMILES string of the molecule is C=CC1(C)CCC=CN=C1C(=C/C)/C(C(CC(=C)c1cc(F)cc(F)c1)=NCC)=C(/C)N1CCN(C(=O)OCC)CC1C.CC. The van der Waals surface area contributed by atoms with Crippen LogP contribution in [0.2, 0.25) is 0 Å². The Labute approximate surface area is 269 Å². The molecule has 1 aromatic carbocycles. The second-order valence-electron chi connectivity index (χ2n) is 11.2. The molecule has 1 saturated heterocycles. The maximum absolute atomic E-state index is 14.2. The highest BCUT2D eigenvalue weighted by atomic mass is 19.1. The molecule has 3 rings (SSSR count). The molecule has 1 aromatic rings. The summed E-state index contributed by atoms with van der Waals surface area (Å²) in [6.45, 7) is 26.9. The largest absolute Gasteiger partial charge is 0.450 e. The molecule has 0 aromatic heterocycles. The second-order valence-corrected chi connectivity index (χ2v) is 11.2. The lowest BCUT2D eigenvalue weighted by molar-refractivity contribution is 0.0697. The van der Waals surface area contributed by atoms with Crippen molar-refractivity contribution in [1.82, 2.24) is 9.80 Å². The fourth-order valence-corrected chi connectivity index (χ4v) is 5.84. The summed E-state index contributed by atoms with van der Waals surface area (Å²) in [6.07, 6.45) is 9.64. The maximum atomic E-state index is 14.2. The predicted octanol–water partition coefficient (Wildman–Crippen LogP) is 9.18. The lowest BCUT2D eigenvalue weighted by Gasteiger charge is -2.42. The van der Waals surface area contributed by atoms with Crippen molar-refractivity contribution in [1.29, 1.82) is 0 Å². The average molecular weight is 623 g/mol. The number of ether oxygens (including phenoxy) is 1. The van der Waals surface area contributed by atoms with Crippen LogP contribution >= 0.6 is 0 Å². The molecule has 2 aliphatic heterocycles. The molecule has 0 aliphatic carbocycles. The number of allylic oxidation sites excluding steroid dienone is 7. The minimum atomic E-state index is -0.652. The van der Waals surface area contributed by atoms with Crippen LogP contribution in [0.25, 0.3) is 5.57 Å². The first-order valence-electron chi connectivity index (χ1n) is 16.1. The fraction of sp³-hybridized carbons (Fsp3) is 0.486. The summed E-state index contributed by atoms with van der Waals surface area (Å²) in [5.74, 6) is -1.30. The van der Waals surface area contributed by atoms with Crippen LogP contribution in [0.15, 0.2) is 82.6 Å². The zero-order chi connectivity index (χ0) is 33.7. The van der Waals surface area contributed by atoms with E-state index < -0.39 is 17.0 Å². The number of aliphatic imine (C=N–C) groups is 2. The minimum absolute atomic E-state index is 0.00332. The zero-order valence-corrected chi connectivity index (χ0v) is 28.6. The third kappa shape index (κ3) is 9.35. The summed E-state index contributed by atoms with van der Waals surface area (Å²) in [5, 5.41) is 0. The van der Waals surface area contributed by atoms with Crippen molar-refractivity contribution < 1.29 is 18.3 Å². The van der Waals surface area contributed by atoms with E-state index in [-0.39, 0.29) is 18.6 Å². The number of benzene rings is 1. The van der Waals surface area contributed by atoms with Crippen molar-refractivity contribution in [3.8, 4) is 0 Å². The van der Waals surface area contributed by atoms with E-state index in [0.717, 1.165) is 47.2 Å². The quantitative estimate of drug-likeness (QED) is 0.149. The first-order valence-corrected chi connectivity index (χ1v) is 16.1. The molecule has 0 N–H and O–H groups in total. The molecule has 8 heteroatoms. The van der Waals surface area contributed by atoms with E-state index in [1.54, 1.807) is 11.8 Å². The Kier molecular flexibility index (Phi) is 14.6. The molecule has 2 heterocycles. The lowest BCUT2D eigenvalue weighted by Crippen LogP contribution is -2.53. The number of hydrogen-bond acceptors (Lipinski definition) is 5. The van der Waals surface area contributed by atoms with E-state index in [9.17, 15) is 13.6 Å². The lowest BCUT2D eigenvalue weighted by atomic mass is 9.74. The van der Waals surface area contributed by atoms with Crippen LogP contribution in [0.4, 0.5) is 13.6 Å². The minimum Gasteiger partial charge on any atom is -0.450 e. The highest BCUT2D eigenvalue weighted by Crippen LogP contribution is 2.38. The Morgan fingerprint density at radius 2 is 1.87 bits per heavy atom. The van der Waals surface area contributed by atoms with Gasteiger partial charge in [0.2, 0.25) is 0 Å². The third-order valence-corrected chi connectivity index (χ3v) is 8.18. The molecular weight excluding hydrogens is 570 g/mol. The van der Waals surface area contributed by atoms with Gasteiger partial charge < -0.3 is 14.5 Å². The molecule has 2 atom stereocenters. The Morgan fingerprint density at radius 1 is 1.20 bits per heavy atom. The molecule has 2 unspecified atom stereocenters. The highest BCUT2D eigenvalue weighted by molar-refractivity contribution is 6.20. The van der Waals surface area contributed by atoms with Crippen molar-refractivity contribution in [2.45, 2.75) is 80.7 Å². The fourth-order valence-electron chi connectivity index (χ4n) is 5.84. The Morgan fingerprint density at radius 3 is 2.42 bits per heavy atom. The second kappa shape index (κ2) is 17.6. The number of halogens is 2. The van der Waals surface area contributed by atoms with Crippen LogP contribution < -0.4 is 0 Å². The van der Waals surface area contributed by atoms with Gasteiger partial charge in [-0.3, -0.25) is 9.98 Å². The van der Waals surface area contributed by atoms with E-state index >= 15 is 0 Å². The Balaban J connectivity index is 0.00000345. The van der Waals surface area contributed by atoms with Gasteiger partial charge in [-0.25, -0.2) is 13.6 Å². The number of nitrogens with zero attached hydrogens (tertiary/aromatic N) is 4. The first kappa shape index (κ1) is 37.4. The summed E-state index contributed by atoms with van der Waals surface area (Å²) >= 11 is 0. The van der Waals surface area contributed by atoms with Gasteiger partial charge in [-0.15, -0.1) is 6.58 Å². The molecule has 2 aliphatic rings. The number of rotatable bonds is 10. The molecule has 0 radical (unpaired) electrons. The van der Waals surface area contributed by atoms with Gasteiger partial charge in [-0.05, 0) is 70.7 Å². The van der Waals surface area contributed by atoms with Crippen LogP contribution in [0, 0.1) is 17.0 Å². The van der Waals surface area contributed by atoms with Gasteiger partial charge >= 0.3 is 6.09 Å². The van der Waals surface area contributed by atoms with Crippen LogP contribution in [0.5, 0.6) is 0 Å². The van der Waals surface area contributed by atoms with Gasteiger partial charge in [-0.1, -0.05) is 45.6 Å². The first-order chi connectivity index (χ1) is 21.5. The van der Waals surface area contributed by atoms with Crippen molar-refractivity contribution in [2.24, 2.45) is 15.4 Å². The van der Waals surface area contributed by atoms with Crippen molar-refractivity contribution >= 4 is 23.1 Å². The number of hydrogen-bond donors (Lipinski definition) is 0. The third-order valence-electron chi connectivity index (χ3n) is 8.18. The highest BCUT2D eigenvalue weighted by Gasteiger charge is 2.35. The standard InChI is InChI=1S/C35H46F2N4O2.C2H6/c1-9-30(33-35(8,10-2)15-13-14-16-39-33)32(26(7)41-18-17-40(23-25(41)6)34(42)43-12-4)31(38-11-3)19-24(5)27-20-28(36)22-29(37)21-27;1-2/h9-10,14,16,20-22,25H,2,5,11-13,15,17-19,23H2,1,3-4,6-8H3;1-2H3/b30-9+,32-26+,38-31?;. The summed E-state index contributed by atoms with van der Waals surface area (Å²) in [5.41, 5.74) is 5.01. The van der Waals surface area contributed by atoms with Crippen LogP contribution in [0.3, 0.4) is 0 Å². The molecule has 6 nitrogen and oxygen atoms in total. The smallest absolute Gasteiger partial charge is 0.409 e. The van der Waals surface area contributed by atoms with Crippen molar-refractivity contribution in [2.75, 3.05) is 32.8 Å². The number of carbonyl (C=O) groups is 1. The average Bonchev–Trinajstić information content (AvgIpc) is 3.21. The molecule has 0 bridgehead atoms. The molecule has 1 fully saturated rings. The van der Waals surface area contributed by atoms with E-state index in [0.29, 0.717) is 43.9 Å². The van der Waals surface area contributed by atoms with Gasteiger partial charge in [0.15, 0.2) is 0 Å². The molecule has 0 spiro atoms. The van der Waals surface area contributed by atoms with Gasteiger partial charge in [0.1, 0.15) is 11.6 Å². The van der Waals surface area contributed by atoms with Gasteiger partial charge in [0.25, 0.3) is 0 Å². The van der Waals surface area contributed by atoms with Crippen molar-refractivity contribution in [3.63, 3.8) is 0 Å². The van der Waals surface area contributed by atoms with Crippen LogP contribution in [-0.4, -0.2) is 66.1 Å².